The van der Waals surface area contributed by atoms with E-state index in [-0.39, 0.29) is 5.56 Å². The number of unbranched alkanes of at least 4 members (excludes halogenated alkanes) is 8. The number of aryl methyl sites for hydroxylation is 2. The summed E-state index contributed by atoms with van der Waals surface area (Å²) in [7, 11) is 0. The first-order valence-electron chi connectivity index (χ1n) is 12.6. The van der Waals surface area contributed by atoms with Crippen molar-refractivity contribution in [3.8, 4) is 11.1 Å². The average Bonchev–Trinajstić information content (AvgIpc) is 2.80. The summed E-state index contributed by atoms with van der Waals surface area (Å²) in [4.78, 5) is 0. The van der Waals surface area contributed by atoms with Crippen molar-refractivity contribution in [2.75, 3.05) is 0 Å². The minimum absolute atomic E-state index is 0.0827. The average molecular weight is 437 g/mol. The van der Waals surface area contributed by atoms with E-state index in [1.54, 1.807) is 0 Å². The van der Waals surface area contributed by atoms with Crippen LogP contribution in [0.1, 0.15) is 89.2 Å². The Morgan fingerprint density at radius 2 is 1.16 bits per heavy atom. The fraction of sp³-hybridized carbons (Fsp3) is 0.467. The molecule has 0 amide bonds. The molecule has 0 nitrogen and oxygen atoms in total. The first-order valence-corrected chi connectivity index (χ1v) is 12.6. The van der Waals surface area contributed by atoms with Crippen molar-refractivity contribution in [2.45, 2.75) is 90.9 Å². The standard InChI is InChI=1S/C30H38F2/c1-3-5-7-9-10-12-13-23-15-18-25(19-16-23)29-28(31)22-26-21-24(14-11-8-6-4-2)17-20-27(26)30(29)32/h15-22H,3-14H2,1-2H3. The minimum atomic E-state index is -0.484. The molecular weight excluding hydrogens is 398 g/mol. The molecule has 0 N–H and O–H groups in total. The van der Waals surface area contributed by atoms with E-state index in [0.717, 1.165) is 24.8 Å². The lowest BCUT2D eigenvalue weighted by Gasteiger charge is -2.11. The highest BCUT2D eigenvalue weighted by Crippen LogP contribution is 2.33. The van der Waals surface area contributed by atoms with E-state index < -0.39 is 11.6 Å². The Kier molecular flexibility index (Phi) is 9.71. The second-order valence-corrected chi connectivity index (χ2v) is 9.13. The van der Waals surface area contributed by atoms with Crippen LogP contribution in [0, 0.1) is 11.6 Å². The Hall–Kier alpha value is -2.22. The van der Waals surface area contributed by atoms with Crippen LogP contribution in [0.3, 0.4) is 0 Å². The summed E-state index contributed by atoms with van der Waals surface area (Å²) in [6.45, 7) is 4.43. The lowest BCUT2D eigenvalue weighted by atomic mass is 9.96. The molecule has 0 saturated carbocycles. The molecule has 0 saturated heterocycles. The molecule has 172 valence electrons. The topological polar surface area (TPSA) is 0 Å². The lowest BCUT2D eigenvalue weighted by Crippen LogP contribution is -1.95. The van der Waals surface area contributed by atoms with Crippen molar-refractivity contribution in [1.82, 2.24) is 0 Å². The summed E-state index contributed by atoms with van der Waals surface area (Å²) in [6, 6.07) is 15.0. The van der Waals surface area contributed by atoms with Crippen molar-refractivity contribution < 1.29 is 8.78 Å². The summed E-state index contributed by atoms with van der Waals surface area (Å²) >= 11 is 0. The summed E-state index contributed by atoms with van der Waals surface area (Å²) in [5.74, 6) is -0.942. The van der Waals surface area contributed by atoms with Gasteiger partial charge in [0.25, 0.3) is 0 Å². The SMILES string of the molecule is CCCCCCCCc1ccc(-c2c(F)cc3cc(CCCCCC)ccc3c2F)cc1. The Balaban J connectivity index is 1.69. The zero-order chi connectivity index (χ0) is 22.8. The van der Waals surface area contributed by atoms with Gasteiger partial charge in [0, 0.05) is 5.39 Å². The van der Waals surface area contributed by atoms with Crippen LogP contribution < -0.4 is 0 Å². The van der Waals surface area contributed by atoms with Crippen molar-refractivity contribution in [2.24, 2.45) is 0 Å². The maximum atomic E-state index is 15.3. The van der Waals surface area contributed by atoms with Crippen LogP contribution in [0.25, 0.3) is 21.9 Å². The Morgan fingerprint density at radius 3 is 1.84 bits per heavy atom. The molecule has 0 fully saturated rings. The predicted octanol–water partition coefficient (Wildman–Crippen LogP) is 9.81. The maximum absolute atomic E-state index is 15.3. The monoisotopic (exact) mass is 436 g/mol. The van der Waals surface area contributed by atoms with Gasteiger partial charge in [-0.2, -0.15) is 0 Å². The smallest absolute Gasteiger partial charge is 0.141 e. The predicted molar refractivity (Wildman–Crippen MR) is 134 cm³/mol. The quantitative estimate of drug-likeness (QED) is 0.234. The van der Waals surface area contributed by atoms with Gasteiger partial charge in [-0.05, 0) is 53.8 Å². The van der Waals surface area contributed by atoms with Crippen molar-refractivity contribution in [1.29, 1.82) is 0 Å². The number of fused-ring (bicyclic) bond motifs is 1. The van der Waals surface area contributed by atoms with Crippen molar-refractivity contribution >= 4 is 10.8 Å². The van der Waals surface area contributed by atoms with Crippen molar-refractivity contribution in [3.63, 3.8) is 0 Å². The summed E-state index contributed by atoms with van der Waals surface area (Å²) in [5.41, 5.74) is 3.08. The van der Waals surface area contributed by atoms with Gasteiger partial charge in [0.2, 0.25) is 0 Å². The van der Waals surface area contributed by atoms with Crippen LogP contribution in [0.5, 0.6) is 0 Å². The third-order valence-electron chi connectivity index (χ3n) is 6.47. The molecule has 3 rings (SSSR count). The van der Waals surface area contributed by atoms with Crippen LogP contribution in [0.2, 0.25) is 0 Å². The van der Waals surface area contributed by atoms with E-state index in [0.29, 0.717) is 16.3 Å². The van der Waals surface area contributed by atoms with Gasteiger partial charge < -0.3 is 0 Å². The number of benzene rings is 3. The summed E-state index contributed by atoms with van der Waals surface area (Å²) in [5, 5.41) is 1.14. The summed E-state index contributed by atoms with van der Waals surface area (Å²) in [6.07, 6.45) is 14.3. The molecule has 0 heterocycles. The molecule has 0 aliphatic rings. The second-order valence-electron chi connectivity index (χ2n) is 9.13. The number of halogens is 2. The molecule has 0 spiro atoms. The van der Waals surface area contributed by atoms with Crippen LogP contribution in [-0.4, -0.2) is 0 Å². The molecule has 0 atom stereocenters. The Morgan fingerprint density at radius 1 is 0.594 bits per heavy atom. The highest BCUT2D eigenvalue weighted by Gasteiger charge is 2.16. The zero-order valence-corrected chi connectivity index (χ0v) is 19.9. The number of hydrogen-bond donors (Lipinski definition) is 0. The number of hydrogen-bond acceptors (Lipinski definition) is 0. The molecule has 0 aromatic heterocycles. The van der Waals surface area contributed by atoms with E-state index >= 15 is 4.39 Å². The lowest BCUT2D eigenvalue weighted by molar-refractivity contribution is 0.598. The molecule has 0 unspecified atom stereocenters. The van der Waals surface area contributed by atoms with Gasteiger partial charge in [0.05, 0.1) is 5.56 Å². The highest BCUT2D eigenvalue weighted by atomic mass is 19.1. The molecule has 0 bridgehead atoms. The van der Waals surface area contributed by atoms with E-state index in [9.17, 15) is 4.39 Å². The van der Waals surface area contributed by atoms with Gasteiger partial charge in [-0.25, -0.2) is 8.78 Å². The fourth-order valence-corrected chi connectivity index (χ4v) is 4.50. The van der Waals surface area contributed by atoms with Gasteiger partial charge >= 0.3 is 0 Å². The van der Waals surface area contributed by atoms with E-state index in [4.69, 9.17) is 0 Å². The van der Waals surface area contributed by atoms with Gasteiger partial charge in [-0.15, -0.1) is 0 Å². The van der Waals surface area contributed by atoms with Crippen LogP contribution in [0.4, 0.5) is 8.78 Å². The second kappa shape index (κ2) is 12.7. The van der Waals surface area contributed by atoms with Crippen LogP contribution in [-0.2, 0) is 12.8 Å². The first-order chi connectivity index (χ1) is 15.6. The van der Waals surface area contributed by atoms with E-state index in [1.165, 1.54) is 69.4 Å². The van der Waals surface area contributed by atoms with E-state index in [1.807, 2.05) is 42.5 Å². The molecule has 3 aromatic carbocycles. The van der Waals surface area contributed by atoms with Gasteiger partial charge in [-0.3, -0.25) is 0 Å². The van der Waals surface area contributed by atoms with Crippen LogP contribution >= 0.6 is 0 Å². The van der Waals surface area contributed by atoms with Gasteiger partial charge in [0.1, 0.15) is 11.6 Å². The molecule has 0 aliphatic carbocycles. The largest absolute Gasteiger partial charge is 0.206 e. The zero-order valence-electron chi connectivity index (χ0n) is 19.9. The van der Waals surface area contributed by atoms with E-state index in [2.05, 4.69) is 13.8 Å². The number of rotatable bonds is 13. The Bertz CT molecular complexity index is 972. The van der Waals surface area contributed by atoms with Crippen molar-refractivity contribution in [3.05, 3.63) is 71.3 Å². The normalized spacial score (nSPS) is 11.4. The third kappa shape index (κ3) is 6.64. The summed E-state index contributed by atoms with van der Waals surface area (Å²) < 4.78 is 30.3. The molecular formula is C30H38F2. The molecule has 32 heavy (non-hydrogen) atoms. The Labute approximate surface area is 193 Å². The fourth-order valence-electron chi connectivity index (χ4n) is 4.50. The van der Waals surface area contributed by atoms with Gasteiger partial charge in [0.15, 0.2) is 0 Å². The van der Waals surface area contributed by atoms with Gasteiger partial charge in [-0.1, -0.05) is 108 Å². The maximum Gasteiger partial charge on any atom is 0.141 e. The molecule has 0 radical (unpaired) electrons. The highest BCUT2D eigenvalue weighted by molar-refractivity contribution is 5.89. The molecule has 0 aliphatic heterocycles. The van der Waals surface area contributed by atoms with Crippen LogP contribution in [0.15, 0.2) is 48.5 Å². The first kappa shape index (κ1) is 24.4. The third-order valence-corrected chi connectivity index (χ3v) is 6.47. The molecule has 2 heteroatoms. The minimum Gasteiger partial charge on any atom is -0.206 e. The molecule has 3 aromatic rings.